The van der Waals surface area contributed by atoms with Crippen molar-refractivity contribution in [3.8, 4) is 0 Å². The smallest absolute Gasteiger partial charge is 0.147 e. The third-order valence-corrected chi connectivity index (χ3v) is 1.97. The van der Waals surface area contributed by atoms with Gasteiger partial charge in [-0.25, -0.2) is 0 Å². The molecule has 3 nitrogen and oxygen atoms in total. The number of ether oxygens (including phenoxy) is 3. The van der Waals surface area contributed by atoms with E-state index in [0.717, 1.165) is 6.42 Å². The standard InChI is InChI=1S/C7H14O3/c1-3-7(8-2)4-9-6-10-5-7/h3-6H2,1-2H3. The summed E-state index contributed by atoms with van der Waals surface area (Å²) in [6.45, 7) is 3.78. The fourth-order valence-electron chi connectivity index (χ4n) is 1.02. The summed E-state index contributed by atoms with van der Waals surface area (Å²) >= 11 is 0. The Morgan fingerprint density at radius 1 is 1.40 bits per heavy atom. The van der Waals surface area contributed by atoms with Gasteiger partial charge in [0, 0.05) is 7.11 Å². The average Bonchev–Trinajstić information content (AvgIpc) is 2.06. The Bertz CT molecular complexity index is 91.0. The molecule has 0 aromatic rings. The van der Waals surface area contributed by atoms with Crippen LogP contribution in [0.5, 0.6) is 0 Å². The predicted octanol–water partition coefficient (Wildman–Crippen LogP) is 0.786. The highest BCUT2D eigenvalue weighted by Gasteiger charge is 2.31. The number of methoxy groups -OCH3 is 1. The van der Waals surface area contributed by atoms with Crippen LogP contribution in [0.2, 0.25) is 0 Å². The Hall–Kier alpha value is -0.120. The second-order valence-corrected chi connectivity index (χ2v) is 2.56. The van der Waals surface area contributed by atoms with Gasteiger partial charge < -0.3 is 14.2 Å². The summed E-state index contributed by atoms with van der Waals surface area (Å²) in [6, 6.07) is 0. The van der Waals surface area contributed by atoms with Crippen molar-refractivity contribution in [2.45, 2.75) is 18.9 Å². The molecule has 0 aliphatic carbocycles. The summed E-state index contributed by atoms with van der Waals surface area (Å²) in [5, 5.41) is 0. The second kappa shape index (κ2) is 3.32. The maximum Gasteiger partial charge on any atom is 0.147 e. The van der Waals surface area contributed by atoms with Gasteiger partial charge in [0.15, 0.2) is 0 Å². The molecule has 1 heterocycles. The van der Waals surface area contributed by atoms with Gasteiger partial charge in [-0.3, -0.25) is 0 Å². The van der Waals surface area contributed by atoms with Crippen molar-refractivity contribution in [3.05, 3.63) is 0 Å². The van der Waals surface area contributed by atoms with Crippen LogP contribution in [-0.4, -0.2) is 32.7 Å². The van der Waals surface area contributed by atoms with Crippen LogP contribution >= 0.6 is 0 Å². The van der Waals surface area contributed by atoms with Gasteiger partial charge in [0.25, 0.3) is 0 Å². The van der Waals surface area contributed by atoms with Crippen LogP contribution in [0.15, 0.2) is 0 Å². The summed E-state index contributed by atoms with van der Waals surface area (Å²) in [6.07, 6.45) is 0.934. The quantitative estimate of drug-likeness (QED) is 0.576. The summed E-state index contributed by atoms with van der Waals surface area (Å²) in [5.74, 6) is 0. The molecule has 0 radical (unpaired) electrons. The lowest BCUT2D eigenvalue weighted by Gasteiger charge is -2.34. The Kier molecular flexibility index (Phi) is 2.65. The normalized spacial score (nSPS) is 24.6. The molecule has 0 amide bonds. The van der Waals surface area contributed by atoms with Crippen LogP contribution in [-0.2, 0) is 14.2 Å². The molecule has 0 unspecified atom stereocenters. The van der Waals surface area contributed by atoms with E-state index in [4.69, 9.17) is 14.2 Å². The number of hydrogen-bond acceptors (Lipinski definition) is 3. The first-order valence-corrected chi connectivity index (χ1v) is 3.53. The lowest BCUT2D eigenvalue weighted by atomic mass is 10.0. The first kappa shape index (κ1) is 7.98. The fourth-order valence-corrected chi connectivity index (χ4v) is 1.02. The Labute approximate surface area is 61.3 Å². The summed E-state index contributed by atoms with van der Waals surface area (Å²) in [7, 11) is 1.70. The zero-order valence-electron chi connectivity index (χ0n) is 6.55. The van der Waals surface area contributed by atoms with Crippen molar-refractivity contribution < 1.29 is 14.2 Å². The van der Waals surface area contributed by atoms with Crippen molar-refractivity contribution in [2.24, 2.45) is 0 Å². The van der Waals surface area contributed by atoms with Crippen LogP contribution in [0.3, 0.4) is 0 Å². The van der Waals surface area contributed by atoms with E-state index >= 15 is 0 Å². The molecule has 1 fully saturated rings. The summed E-state index contributed by atoms with van der Waals surface area (Å²) < 4.78 is 15.5. The number of rotatable bonds is 2. The zero-order chi connectivity index (χ0) is 7.45. The van der Waals surface area contributed by atoms with Gasteiger partial charge in [-0.05, 0) is 6.42 Å². The maximum atomic E-state index is 5.28. The van der Waals surface area contributed by atoms with E-state index in [0.29, 0.717) is 20.0 Å². The van der Waals surface area contributed by atoms with E-state index in [1.807, 2.05) is 0 Å². The van der Waals surface area contributed by atoms with Gasteiger partial charge in [-0.1, -0.05) is 6.92 Å². The molecule has 10 heavy (non-hydrogen) atoms. The highest BCUT2D eigenvalue weighted by Crippen LogP contribution is 2.19. The summed E-state index contributed by atoms with van der Waals surface area (Å²) in [5.41, 5.74) is -0.182. The average molecular weight is 146 g/mol. The van der Waals surface area contributed by atoms with Crippen molar-refractivity contribution in [3.63, 3.8) is 0 Å². The largest absolute Gasteiger partial charge is 0.373 e. The Balaban J connectivity index is 2.44. The minimum Gasteiger partial charge on any atom is -0.373 e. The fraction of sp³-hybridized carbons (Fsp3) is 1.00. The molecule has 0 saturated carbocycles. The first-order valence-electron chi connectivity index (χ1n) is 3.53. The lowest BCUT2D eigenvalue weighted by Crippen LogP contribution is -2.45. The lowest BCUT2D eigenvalue weighted by molar-refractivity contribution is -0.211. The van der Waals surface area contributed by atoms with E-state index in [1.165, 1.54) is 0 Å². The van der Waals surface area contributed by atoms with E-state index in [2.05, 4.69) is 6.92 Å². The van der Waals surface area contributed by atoms with Gasteiger partial charge in [-0.15, -0.1) is 0 Å². The molecule has 1 rings (SSSR count). The molecule has 1 saturated heterocycles. The van der Waals surface area contributed by atoms with Gasteiger partial charge in [0.2, 0.25) is 0 Å². The highest BCUT2D eigenvalue weighted by atomic mass is 16.7. The van der Waals surface area contributed by atoms with Crippen LogP contribution < -0.4 is 0 Å². The number of hydrogen-bond donors (Lipinski definition) is 0. The third-order valence-electron chi connectivity index (χ3n) is 1.97. The predicted molar refractivity (Wildman–Crippen MR) is 36.8 cm³/mol. The van der Waals surface area contributed by atoms with E-state index in [9.17, 15) is 0 Å². The molecule has 60 valence electrons. The van der Waals surface area contributed by atoms with Crippen LogP contribution in [0.4, 0.5) is 0 Å². The molecule has 0 spiro atoms. The van der Waals surface area contributed by atoms with Crippen molar-refractivity contribution >= 4 is 0 Å². The Morgan fingerprint density at radius 3 is 2.30 bits per heavy atom. The molecule has 0 atom stereocenters. The van der Waals surface area contributed by atoms with Gasteiger partial charge in [0.1, 0.15) is 12.4 Å². The first-order chi connectivity index (χ1) is 4.83. The zero-order valence-corrected chi connectivity index (χ0v) is 6.55. The molecule has 3 heteroatoms. The van der Waals surface area contributed by atoms with E-state index in [1.54, 1.807) is 7.11 Å². The van der Waals surface area contributed by atoms with Crippen molar-refractivity contribution in [2.75, 3.05) is 27.1 Å². The molecule has 0 aromatic carbocycles. The Morgan fingerprint density at radius 2 is 2.00 bits per heavy atom. The highest BCUT2D eigenvalue weighted by molar-refractivity contribution is 4.79. The maximum absolute atomic E-state index is 5.28. The monoisotopic (exact) mass is 146 g/mol. The van der Waals surface area contributed by atoms with Crippen LogP contribution in [0, 0.1) is 0 Å². The second-order valence-electron chi connectivity index (χ2n) is 2.56. The molecule has 1 aliphatic heterocycles. The minimum atomic E-state index is -0.182. The topological polar surface area (TPSA) is 27.7 Å². The van der Waals surface area contributed by atoms with Gasteiger partial charge in [-0.2, -0.15) is 0 Å². The van der Waals surface area contributed by atoms with E-state index in [-0.39, 0.29) is 5.60 Å². The summed E-state index contributed by atoms with van der Waals surface area (Å²) in [4.78, 5) is 0. The molecular formula is C7H14O3. The van der Waals surface area contributed by atoms with Crippen molar-refractivity contribution in [1.29, 1.82) is 0 Å². The van der Waals surface area contributed by atoms with Gasteiger partial charge in [0.05, 0.1) is 13.2 Å². The molecule has 0 bridgehead atoms. The third kappa shape index (κ3) is 1.48. The van der Waals surface area contributed by atoms with Gasteiger partial charge >= 0.3 is 0 Å². The molecule has 1 aliphatic rings. The SMILES string of the molecule is CCC1(OC)COCOC1. The van der Waals surface area contributed by atoms with Crippen LogP contribution in [0.25, 0.3) is 0 Å². The molecular weight excluding hydrogens is 132 g/mol. The minimum absolute atomic E-state index is 0.182. The van der Waals surface area contributed by atoms with Crippen molar-refractivity contribution in [1.82, 2.24) is 0 Å². The van der Waals surface area contributed by atoms with Crippen LogP contribution in [0.1, 0.15) is 13.3 Å². The molecule has 0 N–H and O–H groups in total. The molecule has 0 aromatic heterocycles. The van der Waals surface area contributed by atoms with E-state index < -0.39 is 0 Å².